The summed E-state index contributed by atoms with van der Waals surface area (Å²) in [5.41, 5.74) is 6.02. The molecule has 15 heavy (non-hydrogen) atoms. The Kier molecular flexibility index (Phi) is 4.80. The lowest BCUT2D eigenvalue weighted by Crippen LogP contribution is -2.28. The van der Waals surface area contributed by atoms with Crippen LogP contribution in [0.25, 0.3) is 0 Å². The van der Waals surface area contributed by atoms with Gasteiger partial charge in [-0.3, -0.25) is 4.79 Å². The molecular formula is C11H16N2O2. The number of rotatable bonds is 6. The van der Waals surface area contributed by atoms with Gasteiger partial charge in [0.25, 0.3) is 0 Å². The van der Waals surface area contributed by atoms with Crippen LogP contribution in [0.15, 0.2) is 30.3 Å². The first-order valence-electron chi connectivity index (χ1n) is 4.91. The Bertz CT molecular complexity index is 301. The molecule has 0 fully saturated rings. The highest BCUT2D eigenvalue weighted by Gasteiger charge is 2.08. The van der Waals surface area contributed by atoms with Gasteiger partial charge < -0.3 is 16.2 Å². The Morgan fingerprint density at radius 2 is 2.07 bits per heavy atom. The molecule has 0 radical (unpaired) electrons. The fourth-order valence-electron chi connectivity index (χ4n) is 1.34. The summed E-state index contributed by atoms with van der Waals surface area (Å²) in [4.78, 5) is 10.5. The quantitative estimate of drug-likeness (QED) is 0.624. The Labute approximate surface area is 89.1 Å². The van der Waals surface area contributed by atoms with Gasteiger partial charge in [0.1, 0.15) is 0 Å². The lowest BCUT2D eigenvalue weighted by molar-refractivity contribution is -0.117. The van der Waals surface area contributed by atoms with E-state index in [1.807, 2.05) is 30.3 Å². The van der Waals surface area contributed by atoms with Crippen molar-refractivity contribution >= 4 is 5.91 Å². The average Bonchev–Trinajstić information content (AvgIpc) is 2.25. The highest BCUT2D eigenvalue weighted by Crippen LogP contribution is 2.10. The predicted octanol–water partition coefficient (Wildman–Crippen LogP) is 0.185. The molecule has 0 heterocycles. The van der Waals surface area contributed by atoms with Crippen molar-refractivity contribution in [2.45, 2.75) is 12.5 Å². The number of benzene rings is 1. The smallest absolute Gasteiger partial charge is 0.218 e. The molecule has 0 aliphatic heterocycles. The molecule has 1 atom stereocenters. The summed E-state index contributed by atoms with van der Waals surface area (Å²) in [7, 11) is 0. The number of hydrogen-bond acceptors (Lipinski definition) is 3. The average molecular weight is 208 g/mol. The summed E-state index contributed by atoms with van der Waals surface area (Å²) in [5, 5.41) is 12.2. The standard InChI is InChI=1S/C11H16N2O2/c12-11(15)6-7-13-10(8-14)9-4-2-1-3-5-9/h1-5,10,13-14H,6-8H2,(H2,12,15). The molecular weight excluding hydrogens is 192 g/mol. The lowest BCUT2D eigenvalue weighted by Gasteiger charge is -2.15. The Hall–Kier alpha value is -1.39. The zero-order valence-corrected chi connectivity index (χ0v) is 8.52. The number of carbonyl (C=O) groups is 1. The Morgan fingerprint density at radius 1 is 1.40 bits per heavy atom. The van der Waals surface area contributed by atoms with E-state index in [0.717, 1.165) is 5.56 Å². The molecule has 4 N–H and O–H groups in total. The minimum atomic E-state index is -0.341. The van der Waals surface area contributed by atoms with Crippen LogP contribution in [0.4, 0.5) is 0 Å². The minimum absolute atomic E-state index is 0.00275. The van der Waals surface area contributed by atoms with Crippen molar-refractivity contribution in [3.63, 3.8) is 0 Å². The molecule has 82 valence electrons. The maximum absolute atomic E-state index is 10.5. The number of carbonyl (C=O) groups excluding carboxylic acids is 1. The molecule has 1 rings (SSSR count). The predicted molar refractivity (Wildman–Crippen MR) is 58.1 cm³/mol. The van der Waals surface area contributed by atoms with Crippen molar-refractivity contribution in [1.29, 1.82) is 0 Å². The lowest BCUT2D eigenvalue weighted by atomic mass is 10.1. The molecule has 4 heteroatoms. The summed E-state index contributed by atoms with van der Waals surface area (Å²) in [5.74, 6) is -0.341. The second kappa shape index (κ2) is 6.16. The molecule has 0 aliphatic carbocycles. The van der Waals surface area contributed by atoms with E-state index in [1.165, 1.54) is 0 Å². The van der Waals surface area contributed by atoms with E-state index < -0.39 is 0 Å². The molecule has 0 bridgehead atoms. The number of primary amides is 1. The highest BCUT2D eigenvalue weighted by atomic mass is 16.3. The molecule has 0 aliphatic rings. The molecule has 1 unspecified atom stereocenters. The maximum atomic E-state index is 10.5. The van der Waals surface area contributed by atoms with Gasteiger partial charge >= 0.3 is 0 Å². The zero-order chi connectivity index (χ0) is 11.1. The van der Waals surface area contributed by atoms with Crippen LogP contribution in [-0.2, 0) is 4.79 Å². The van der Waals surface area contributed by atoms with Crippen LogP contribution in [0.5, 0.6) is 0 Å². The number of hydrogen-bond donors (Lipinski definition) is 3. The highest BCUT2D eigenvalue weighted by molar-refractivity contribution is 5.73. The molecule has 0 spiro atoms. The van der Waals surface area contributed by atoms with Crippen molar-refractivity contribution < 1.29 is 9.90 Å². The molecule has 4 nitrogen and oxygen atoms in total. The largest absolute Gasteiger partial charge is 0.394 e. The first kappa shape index (κ1) is 11.7. The van der Waals surface area contributed by atoms with Crippen molar-refractivity contribution in [2.24, 2.45) is 5.73 Å². The Balaban J connectivity index is 2.46. The van der Waals surface area contributed by atoms with E-state index in [2.05, 4.69) is 5.32 Å². The van der Waals surface area contributed by atoms with E-state index in [4.69, 9.17) is 10.8 Å². The fraction of sp³-hybridized carbons (Fsp3) is 0.364. The van der Waals surface area contributed by atoms with Gasteiger partial charge in [-0.25, -0.2) is 0 Å². The van der Waals surface area contributed by atoms with Crippen molar-refractivity contribution in [3.05, 3.63) is 35.9 Å². The second-order valence-electron chi connectivity index (χ2n) is 3.32. The van der Waals surface area contributed by atoms with E-state index in [1.54, 1.807) is 0 Å². The third-order valence-corrected chi connectivity index (χ3v) is 2.15. The minimum Gasteiger partial charge on any atom is -0.394 e. The van der Waals surface area contributed by atoms with Gasteiger partial charge in [0.2, 0.25) is 5.91 Å². The second-order valence-corrected chi connectivity index (χ2v) is 3.32. The van der Waals surface area contributed by atoms with Gasteiger partial charge in [0, 0.05) is 13.0 Å². The van der Waals surface area contributed by atoms with Gasteiger partial charge in [0.05, 0.1) is 12.6 Å². The van der Waals surface area contributed by atoms with Crippen LogP contribution in [0.2, 0.25) is 0 Å². The number of aliphatic hydroxyl groups excluding tert-OH is 1. The summed E-state index contributed by atoms with van der Waals surface area (Å²) in [6.07, 6.45) is 0.281. The molecule has 0 saturated carbocycles. The van der Waals surface area contributed by atoms with Crippen LogP contribution < -0.4 is 11.1 Å². The van der Waals surface area contributed by atoms with Crippen LogP contribution in [-0.4, -0.2) is 24.2 Å². The van der Waals surface area contributed by atoms with Gasteiger partial charge in [-0.2, -0.15) is 0 Å². The summed E-state index contributed by atoms with van der Waals surface area (Å²) in [6, 6.07) is 9.46. The van der Waals surface area contributed by atoms with Crippen LogP contribution >= 0.6 is 0 Å². The summed E-state index contributed by atoms with van der Waals surface area (Å²) < 4.78 is 0. The summed E-state index contributed by atoms with van der Waals surface area (Å²) >= 11 is 0. The van der Waals surface area contributed by atoms with E-state index in [0.29, 0.717) is 6.54 Å². The van der Waals surface area contributed by atoms with Gasteiger partial charge in [-0.05, 0) is 5.56 Å². The molecule has 1 aromatic carbocycles. The molecule has 1 aromatic rings. The van der Waals surface area contributed by atoms with E-state index in [9.17, 15) is 4.79 Å². The van der Waals surface area contributed by atoms with Crippen LogP contribution in [0.1, 0.15) is 18.0 Å². The molecule has 0 aromatic heterocycles. The third-order valence-electron chi connectivity index (χ3n) is 2.15. The van der Waals surface area contributed by atoms with Crippen molar-refractivity contribution in [1.82, 2.24) is 5.32 Å². The maximum Gasteiger partial charge on any atom is 0.218 e. The van der Waals surface area contributed by atoms with Crippen LogP contribution in [0, 0.1) is 0 Å². The van der Waals surface area contributed by atoms with Gasteiger partial charge in [-0.1, -0.05) is 30.3 Å². The normalized spacial score (nSPS) is 12.3. The summed E-state index contributed by atoms with van der Waals surface area (Å²) in [6.45, 7) is 0.484. The fourth-order valence-corrected chi connectivity index (χ4v) is 1.34. The first-order valence-corrected chi connectivity index (χ1v) is 4.91. The van der Waals surface area contributed by atoms with E-state index in [-0.39, 0.29) is 25.0 Å². The topological polar surface area (TPSA) is 75.4 Å². The Morgan fingerprint density at radius 3 is 2.60 bits per heavy atom. The number of nitrogens with two attached hydrogens (primary N) is 1. The number of amides is 1. The third kappa shape index (κ3) is 4.10. The van der Waals surface area contributed by atoms with Gasteiger partial charge in [-0.15, -0.1) is 0 Å². The SMILES string of the molecule is NC(=O)CCNC(CO)c1ccccc1. The van der Waals surface area contributed by atoms with E-state index >= 15 is 0 Å². The van der Waals surface area contributed by atoms with Crippen LogP contribution in [0.3, 0.4) is 0 Å². The number of nitrogens with one attached hydrogen (secondary N) is 1. The number of aliphatic hydroxyl groups is 1. The van der Waals surface area contributed by atoms with Crippen molar-refractivity contribution in [3.8, 4) is 0 Å². The first-order chi connectivity index (χ1) is 7.24. The van der Waals surface area contributed by atoms with Gasteiger partial charge in [0.15, 0.2) is 0 Å². The molecule has 0 saturated heterocycles. The zero-order valence-electron chi connectivity index (χ0n) is 8.52. The molecule has 1 amide bonds. The van der Waals surface area contributed by atoms with Crippen molar-refractivity contribution in [2.75, 3.05) is 13.2 Å². The monoisotopic (exact) mass is 208 g/mol.